The number of carbonyl (C=O) groups is 1. The van der Waals surface area contributed by atoms with Crippen LogP contribution in [-0.4, -0.2) is 26.7 Å². The van der Waals surface area contributed by atoms with Crippen LogP contribution in [0.2, 0.25) is 0 Å². The van der Waals surface area contributed by atoms with E-state index in [9.17, 15) is 10.1 Å². The molecule has 0 bridgehead atoms. The number of ketones is 1. The van der Waals surface area contributed by atoms with E-state index < -0.39 is 5.92 Å². The van der Waals surface area contributed by atoms with Crippen molar-refractivity contribution in [2.24, 2.45) is 5.73 Å². The molecular formula is C19H18N6OS2. The van der Waals surface area contributed by atoms with E-state index in [-0.39, 0.29) is 5.78 Å². The fourth-order valence-electron chi connectivity index (χ4n) is 3.66. The predicted octanol–water partition coefficient (Wildman–Crippen LogP) is 3.35. The maximum absolute atomic E-state index is 13.0. The van der Waals surface area contributed by atoms with Crippen LogP contribution >= 0.6 is 23.1 Å². The average Bonchev–Trinajstić information content (AvgIpc) is 3.16. The van der Waals surface area contributed by atoms with Crippen LogP contribution in [0.15, 0.2) is 51.5 Å². The van der Waals surface area contributed by atoms with Gasteiger partial charge in [0.2, 0.25) is 5.13 Å². The predicted molar refractivity (Wildman–Crippen MR) is 108 cm³/mol. The number of thioether (sulfide) groups is 1. The summed E-state index contributed by atoms with van der Waals surface area (Å²) in [5, 5.41) is 19.0. The Kier molecular flexibility index (Phi) is 5.15. The van der Waals surface area contributed by atoms with Crippen molar-refractivity contribution in [2.75, 3.05) is 10.7 Å². The molecule has 9 heteroatoms. The van der Waals surface area contributed by atoms with Gasteiger partial charge < -0.3 is 5.73 Å². The largest absolute Gasteiger partial charge is 0.384 e. The van der Waals surface area contributed by atoms with Gasteiger partial charge in [0.05, 0.1) is 17.6 Å². The Morgan fingerprint density at radius 3 is 3.00 bits per heavy atom. The van der Waals surface area contributed by atoms with Crippen molar-refractivity contribution >= 4 is 34.0 Å². The zero-order chi connectivity index (χ0) is 19.7. The number of rotatable bonds is 4. The van der Waals surface area contributed by atoms with Crippen molar-refractivity contribution in [2.45, 2.75) is 36.4 Å². The molecule has 2 aromatic heterocycles. The molecular weight excluding hydrogens is 392 g/mol. The number of allylic oxidation sites excluding steroid dienone is 3. The zero-order valence-corrected chi connectivity index (χ0v) is 16.9. The second-order valence-corrected chi connectivity index (χ2v) is 8.85. The number of nitrogens with zero attached hydrogens (tertiary/aromatic N) is 5. The van der Waals surface area contributed by atoms with Gasteiger partial charge in [-0.3, -0.25) is 14.7 Å². The molecule has 142 valence electrons. The van der Waals surface area contributed by atoms with E-state index >= 15 is 0 Å². The van der Waals surface area contributed by atoms with Crippen molar-refractivity contribution in [3.63, 3.8) is 0 Å². The summed E-state index contributed by atoms with van der Waals surface area (Å²) in [5.74, 6) is 0.760. The summed E-state index contributed by atoms with van der Waals surface area (Å²) in [6.45, 7) is 2.05. The standard InChI is InChI=1S/C19H18N6OS2/c1-2-27-19-24-23-18(28-19)25-13-6-3-7-14(26)16(13)15(12(9-20)17(25)21)11-5-4-8-22-10-11/h4-5,8,10,15H,2-3,6-7,21H2,1H3. The Morgan fingerprint density at radius 1 is 1.43 bits per heavy atom. The highest BCUT2D eigenvalue weighted by atomic mass is 32.2. The lowest BCUT2D eigenvalue weighted by Gasteiger charge is -2.37. The first-order valence-electron chi connectivity index (χ1n) is 8.98. The van der Waals surface area contributed by atoms with E-state index in [2.05, 4.69) is 21.3 Å². The molecule has 0 amide bonds. The SMILES string of the molecule is CCSc1nnc(N2C(N)=C(C#N)C(c3cccnc3)C3=C2CCCC3=O)s1. The van der Waals surface area contributed by atoms with Crippen molar-refractivity contribution in [3.8, 4) is 6.07 Å². The second kappa shape index (κ2) is 7.73. The summed E-state index contributed by atoms with van der Waals surface area (Å²) in [4.78, 5) is 18.9. The van der Waals surface area contributed by atoms with Gasteiger partial charge >= 0.3 is 0 Å². The van der Waals surface area contributed by atoms with Gasteiger partial charge in [-0.05, 0) is 30.2 Å². The Bertz CT molecular complexity index is 1020. The summed E-state index contributed by atoms with van der Waals surface area (Å²) < 4.78 is 0.836. The number of hydrogen-bond acceptors (Lipinski definition) is 9. The highest BCUT2D eigenvalue weighted by Gasteiger charge is 2.41. The van der Waals surface area contributed by atoms with Crippen LogP contribution in [0.1, 0.15) is 37.7 Å². The topological polar surface area (TPSA) is 109 Å². The molecule has 7 nitrogen and oxygen atoms in total. The van der Waals surface area contributed by atoms with Crippen LogP contribution in [0.25, 0.3) is 0 Å². The number of pyridine rings is 1. The average molecular weight is 411 g/mol. The third kappa shape index (κ3) is 3.08. The van der Waals surface area contributed by atoms with Gasteiger partial charge in [-0.25, -0.2) is 0 Å². The molecule has 0 radical (unpaired) electrons. The van der Waals surface area contributed by atoms with Crippen molar-refractivity contribution in [3.05, 3.63) is 52.8 Å². The first kappa shape index (κ1) is 18.7. The number of hydrogen-bond donors (Lipinski definition) is 1. The molecule has 1 aliphatic carbocycles. The molecule has 3 heterocycles. The molecule has 0 fully saturated rings. The van der Waals surface area contributed by atoms with Crippen LogP contribution in [0.5, 0.6) is 0 Å². The van der Waals surface area contributed by atoms with Crippen molar-refractivity contribution in [1.82, 2.24) is 15.2 Å². The number of anilines is 1. The minimum absolute atomic E-state index is 0.0491. The molecule has 0 spiro atoms. The molecule has 2 aliphatic rings. The van der Waals surface area contributed by atoms with E-state index in [1.807, 2.05) is 13.0 Å². The van der Waals surface area contributed by atoms with Crippen LogP contribution in [0.3, 0.4) is 0 Å². The van der Waals surface area contributed by atoms with E-state index in [1.165, 1.54) is 11.3 Å². The molecule has 1 unspecified atom stereocenters. The minimum Gasteiger partial charge on any atom is -0.384 e. The fraction of sp³-hybridized carbons (Fsp3) is 0.316. The molecule has 2 aromatic rings. The van der Waals surface area contributed by atoms with E-state index in [4.69, 9.17) is 5.73 Å². The number of nitriles is 1. The van der Waals surface area contributed by atoms with Crippen molar-refractivity contribution in [1.29, 1.82) is 5.26 Å². The molecule has 1 aliphatic heterocycles. The van der Waals surface area contributed by atoms with Gasteiger partial charge in [0.1, 0.15) is 5.82 Å². The number of carbonyl (C=O) groups excluding carboxylic acids is 1. The summed E-state index contributed by atoms with van der Waals surface area (Å²) in [6, 6.07) is 5.92. The fourth-order valence-corrected chi connectivity index (χ4v) is 5.44. The lowest BCUT2D eigenvalue weighted by atomic mass is 9.76. The van der Waals surface area contributed by atoms with Crippen LogP contribution in [0, 0.1) is 11.3 Å². The van der Waals surface area contributed by atoms with E-state index in [0.717, 1.165) is 27.8 Å². The van der Waals surface area contributed by atoms with Gasteiger partial charge in [-0.2, -0.15) is 5.26 Å². The smallest absolute Gasteiger partial charge is 0.219 e. The molecule has 4 rings (SSSR count). The van der Waals surface area contributed by atoms with E-state index in [1.54, 1.807) is 35.1 Å². The first-order chi connectivity index (χ1) is 13.7. The summed E-state index contributed by atoms with van der Waals surface area (Å²) in [6.07, 6.45) is 5.28. The number of aromatic nitrogens is 3. The van der Waals surface area contributed by atoms with Crippen LogP contribution in [0.4, 0.5) is 5.13 Å². The molecule has 2 N–H and O–H groups in total. The number of nitrogens with two attached hydrogens (primary N) is 1. The van der Waals surface area contributed by atoms with E-state index in [0.29, 0.717) is 34.9 Å². The van der Waals surface area contributed by atoms with Gasteiger partial charge in [0.15, 0.2) is 10.1 Å². The molecule has 1 atom stereocenters. The van der Waals surface area contributed by atoms with Gasteiger partial charge in [-0.15, -0.1) is 10.2 Å². The monoisotopic (exact) mass is 410 g/mol. The lowest BCUT2D eigenvalue weighted by Crippen LogP contribution is -2.38. The normalized spacial score (nSPS) is 19.6. The summed E-state index contributed by atoms with van der Waals surface area (Å²) in [7, 11) is 0. The summed E-state index contributed by atoms with van der Waals surface area (Å²) >= 11 is 3.02. The van der Waals surface area contributed by atoms with Gasteiger partial charge in [0, 0.05) is 30.1 Å². The molecule has 0 aromatic carbocycles. The Balaban J connectivity index is 1.91. The quantitative estimate of drug-likeness (QED) is 0.764. The molecule has 0 saturated heterocycles. The van der Waals surface area contributed by atoms with Crippen LogP contribution < -0.4 is 10.6 Å². The second-order valence-electron chi connectivity index (χ2n) is 6.39. The third-order valence-electron chi connectivity index (χ3n) is 4.79. The van der Waals surface area contributed by atoms with Crippen molar-refractivity contribution < 1.29 is 4.79 Å². The maximum atomic E-state index is 13.0. The number of Topliss-reactive ketones (excluding diaryl/α,β-unsaturated/α-hetero) is 1. The first-order valence-corrected chi connectivity index (χ1v) is 10.8. The molecule has 0 saturated carbocycles. The highest BCUT2D eigenvalue weighted by molar-refractivity contribution is 8.01. The lowest BCUT2D eigenvalue weighted by molar-refractivity contribution is -0.116. The summed E-state index contributed by atoms with van der Waals surface area (Å²) in [5.41, 5.74) is 9.08. The highest BCUT2D eigenvalue weighted by Crippen LogP contribution is 2.46. The third-order valence-corrected chi connectivity index (χ3v) is 6.71. The van der Waals surface area contributed by atoms with Crippen LogP contribution in [-0.2, 0) is 4.79 Å². The maximum Gasteiger partial charge on any atom is 0.219 e. The Hall–Kier alpha value is -2.70. The Labute approximate surface area is 171 Å². The Morgan fingerprint density at radius 2 is 2.29 bits per heavy atom. The minimum atomic E-state index is -0.491. The zero-order valence-electron chi connectivity index (χ0n) is 15.3. The molecule has 28 heavy (non-hydrogen) atoms. The van der Waals surface area contributed by atoms with Gasteiger partial charge in [0.25, 0.3) is 0 Å². The van der Waals surface area contributed by atoms with Gasteiger partial charge in [-0.1, -0.05) is 36.1 Å².